The number of ether oxygens (including phenoxy) is 1. The first-order valence-corrected chi connectivity index (χ1v) is 6.45. The third-order valence-corrected chi connectivity index (χ3v) is 3.28. The van der Waals surface area contributed by atoms with Crippen molar-refractivity contribution in [3.63, 3.8) is 0 Å². The van der Waals surface area contributed by atoms with Gasteiger partial charge in [-0.05, 0) is 18.4 Å². The number of amides is 1. The van der Waals surface area contributed by atoms with E-state index in [0.29, 0.717) is 13.1 Å². The van der Waals surface area contributed by atoms with E-state index in [1.54, 1.807) is 0 Å². The van der Waals surface area contributed by atoms with E-state index in [4.69, 9.17) is 10.5 Å². The van der Waals surface area contributed by atoms with E-state index >= 15 is 0 Å². The quantitative estimate of drug-likeness (QED) is 0.818. The van der Waals surface area contributed by atoms with Crippen LogP contribution in [0.15, 0.2) is 30.3 Å². The molecule has 0 radical (unpaired) electrons. The minimum Gasteiger partial charge on any atom is -0.376 e. The summed E-state index contributed by atoms with van der Waals surface area (Å²) in [5.41, 5.74) is 6.66. The molecule has 0 aliphatic carbocycles. The molecule has 1 aromatic carbocycles. The minimum absolute atomic E-state index is 0.0146. The van der Waals surface area contributed by atoms with Gasteiger partial charge in [0, 0.05) is 19.7 Å². The predicted molar refractivity (Wildman–Crippen MR) is 70.2 cm³/mol. The summed E-state index contributed by atoms with van der Waals surface area (Å²) in [5, 5.41) is 2.93. The lowest BCUT2D eigenvalue weighted by Crippen LogP contribution is -2.37. The average Bonchev–Trinajstić information content (AvgIpc) is 2.92. The Morgan fingerprint density at radius 1 is 1.44 bits per heavy atom. The second-order valence-corrected chi connectivity index (χ2v) is 4.58. The highest BCUT2D eigenvalue weighted by Gasteiger charge is 2.21. The van der Waals surface area contributed by atoms with E-state index in [2.05, 4.69) is 5.32 Å². The normalized spacial score (nSPS) is 20.6. The van der Waals surface area contributed by atoms with Crippen LogP contribution in [0.4, 0.5) is 0 Å². The Bertz CT molecular complexity index is 375. The molecule has 4 heteroatoms. The number of benzene rings is 1. The van der Waals surface area contributed by atoms with Crippen molar-refractivity contribution in [2.24, 2.45) is 5.73 Å². The summed E-state index contributed by atoms with van der Waals surface area (Å²) in [6, 6.07) is 9.64. The van der Waals surface area contributed by atoms with Crippen LogP contribution in [-0.4, -0.2) is 31.7 Å². The number of nitrogens with two attached hydrogens (primary N) is 1. The minimum atomic E-state index is -0.271. The van der Waals surface area contributed by atoms with Crippen molar-refractivity contribution in [3.05, 3.63) is 35.9 Å². The zero-order chi connectivity index (χ0) is 12.8. The van der Waals surface area contributed by atoms with E-state index in [1.165, 1.54) is 0 Å². The lowest BCUT2D eigenvalue weighted by Gasteiger charge is -2.17. The van der Waals surface area contributed by atoms with Crippen molar-refractivity contribution in [1.29, 1.82) is 0 Å². The number of carbonyl (C=O) groups excluding carboxylic acids is 1. The van der Waals surface area contributed by atoms with Crippen LogP contribution in [0, 0.1) is 0 Å². The number of carbonyl (C=O) groups is 1. The van der Waals surface area contributed by atoms with E-state index < -0.39 is 0 Å². The van der Waals surface area contributed by atoms with Crippen LogP contribution < -0.4 is 11.1 Å². The maximum atomic E-state index is 12.1. The molecular formula is C14H20N2O2. The average molecular weight is 248 g/mol. The maximum Gasteiger partial charge on any atom is 0.228 e. The Labute approximate surface area is 108 Å². The van der Waals surface area contributed by atoms with Crippen LogP contribution in [0.3, 0.4) is 0 Å². The summed E-state index contributed by atoms with van der Waals surface area (Å²) in [7, 11) is 0. The Balaban J connectivity index is 1.89. The molecule has 1 aliphatic heterocycles. The highest BCUT2D eigenvalue weighted by molar-refractivity contribution is 5.83. The molecule has 18 heavy (non-hydrogen) atoms. The maximum absolute atomic E-state index is 12.1. The number of hydrogen-bond acceptors (Lipinski definition) is 3. The van der Waals surface area contributed by atoms with Gasteiger partial charge in [-0.3, -0.25) is 4.79 Å². The Kier molecular flexibility index (Phi) is 4.73. The molecule has 1 fully saturated rings. The van der Waals surface area contributed by atoms with Crippen molar-refractivity contribution in [3.8, 4) is 0 Å². The molecule has 2 atom stereocenters. The molecule has 2 unspecified atom stereocenters. The molecule has 98 valence electrons. The Hall–Kier alpha value is -1.39. The van der Waals surface area contributed by atoms with Crippen LogP contribution in [0.5, 0.6) is 0 Å². The fourth-order valence-corrected chi connectivity index (χ4v) is 2.22. The summed E-state index contributed by atoms with van der Waals surface area (Å²) < 4.78 is 5.48. The van der Waals surface area contributed by atoms with E-state index in [0.717, 1.165) is 25.0 Å². The lowest BCUT2D eigenvalue weighted by atomic mass is 9.98. The second kappa shape index (κ2) is 6.52. The molecule has 2 rings (SSSR count). The topological polar surface area (TPSA) is 64.4 Å². The molecule has 1 aliphatic rings. The van der Waals surface area contributed by atoms with Crippen molar-refractivity contribution in [2.75, 3.05) is 19.7 Å². The van der Waals surface area contributed by atoms with Crippen molar-refractivity contribution in [1.82, 2.24) is 5.32 Å². The molecule has 1 saturated heterocycles. The zero-order valence-electron chi connectivity index (χ0n) is 10.5. The van der Waals surface area contributed by atoms with Gasteiger partial charge in [0.1, 0.15) is 0 Å². The molecule has 1 heterocycles. The van der Waals surface area contributed by atoms with E-state index in [9.17, 15) is 4.79 Å². The summed E-state index contributed by atoms with van der Waals surface area (Å²) in [4.78, 5) is 12.1. The molecule has 0 spiro atoms. The summed E-state index contributed by atoms with van der Waals surface area (Å²) in [5.74, 6) is -0.285. The third kappa shape index (κ3) is 3.31. The summed E-state index contributed by atoms with van der Waals surface area (Å²) in [6.45, 7) is 1.71. The van der Waals surface area contributed by atoms with Gasteiger partial charge in [0.15, 0.2) is 0 Å². The van der Waals surface area contributed by atoms with E-state index in [-0.39, 0.29) is 17.9 Å². The third-order valence-electron chi connectivity index (χ3n) is 3.28. The van der Waals surface area contributed by atoms with Gasteiger partial charge in [0.2, 0.25) is 5.91 Å². The monoisotopic (exact) mass is 248 g/mol. The first-order chi connectivity index (χ1) is 8.81. The molecule has 3 N–H and O–H groups in total. The second-order valence-electron chi connectivity index (χ2n) is 4.58. The molecule has 1 amide bonds. The fourth-order valence-electron chi connectivity index (χ4n) is 2.22. The van der Waals surface area contributed by atoms with E-state index in [1.807, 2.05) is 30.3 Å². The standard InChI is InChI=1S/C14H20N2O2/c15-9-13(11-5-2-1-3-6-11)14(17)16-10-12-7-4-8-18-12/h1-3,5-6,12-13H,4,7-10,15H2,(H,16,17). The fraction of sp³-hybridized carbons (Fsp3) is 0.500. The smallest absolute Gasteiger partial charge is 0.228 e. The van der Waals surface area contributed by atoms with Gasteiger partial charge < -0.3 is 15.8 Å². The van der Waals surface area contributed by atoms with Gasteiger partial charge in [-0.1, -0.05) is 30.3 Å². The van der Waals surface area contributed by atoms with Gasteiger partial charge in [-0.2, -0.15) is 0 Å². The molecule has 0 aromatic heterocycles. The predicted octanol–water partition coefficient (Wildman–Crippen LogP) is 1.02. The summed E-state index contributed by atoms with van der Waals surface area (Å²) in [6.07, 6.45) is 2.28. The SMILES string of the molecule is NCC(C(=O)NCC1CCCO1)c1ccccc1. The first kappa shape index (κ1) is 13.1. The largest absolute Gasteiger partial charge is 0.376 e. The van der Waals surface area contributed by atoms with Gasteiger partial charge in [-0.25, -0.2) is 0 Å². The van der Waals surface area contributed by atoms with Crippen LogP contribution in [0.2, 0.25) is 0 Å². The van der Waals surface area contributed by atoms with Gasteiger partial charge in [-0.15, -0.1) is 0 Å². The van der Waals surface area contributed by atoms with Crippen LogP contribution in [-0.2, 0) is 9.53 Å². The van der Waals surface area contributed by atoms with Gasteiger partial charge >= 0.3 is 0 Å². The lowest BCUT2D eigenvalue weighted by molar-refractivity contribution is -0.122. The molecule has 0 saturated carbocycles. The Morgan fingerprint density at radius 3 is 2.83 bits per heavy atom. The van der Waals surface area contributed by atoms with Crippen molar-refractivity contribution < 1.29 is 9.53 Å². The number of rotatable bonds is 5. The van der Waals surface area contributed by atoms with Crippen LogP contribution >= 0.6 is 0 Å². The van der Waals surface area contributed by atoms with Crippen LogP contribution in [0.25, 0.3) is 0 Å². The molecule has 4 nitrogen and oxygen atoms in total. The summed E-state index contributed by atoms with van der Waals surface area (Å²) >= 11 is 0. The molecular weight excluding hydrogens is 228 g/mol. The van der Waals surface area contributed by atoms with Gasteiger partial charge in [0.25, 0.3) is 0 Å². The zero-order valence-corrected chi connectivity index (χ0v) is 10.5. The highest BCUT2D eigenvalue weighted by Crippen LogP contribution is 2.15. The number of nitrogens with one attached hydrogen (secondary N) is 1. The molecule has 0 bridgehead atoms. The molecule has 1 aromatic rings. The highest BCUT2D eigenvalue weighted by atomic mass is 16.5. The van der Waals surface area contributed by atoms with Crippen molar-refractivity contribution >= 4 is 5.91 Å². The van der Waals surface area contributed by atoms with Crippen molar-refractivity contribution in [2.45, 2.75) is 24.9 Å². The Morgan fingerprint density at radius 2 is 2.22 bits per heavy atom. The van der Waals surface area contributed by atoms with Gasteiger partial charge in [0.05, 0.1) is 12.0 Å². The number of hydrogen-bond donors (Lipinski definition) is 2. The first-order valence-electron chi connectivity index (χ1n) is 6.45. The van der Waals surface area contributed by atoms with Crippen LogP contribution in [0.1, 0.15) is 24.3 Å².